The van der Waals surface area contributed by atoms with Crippen molar-refractivity contribution in [1.29, 1.82) is 0 Å². The van der Waals surface area contributed by atoms with Gasteiger partial charge < -0.3 is 5.11 Å². The van der Waals surface area contributed by atoms with Gasteiger partial charge in [0, 0.05) is 15.4 Å². The molecule has 1 aromatic heterocycles. The monoisotopic (exact) mass is 276 g/mol. The fraction of sp³-hybridized carbons (Fsp3) is 0.111. The van der Waals surface area contributed by atoms with Crippen LogP contribution in [0.4, 0.5) is 0 Å². The minimum absolute atomic E-state index is 0.309. The second-order valence-corrected chi connectivity index (χ2v) is 4.70. The molecule has 68 valence electrons. The zero-order valence-corrected chi connectivity index (χ0v) is 9.71. The van der Waals surface area contributed by atoms with Crippen molar-refractivity contribution in [1.82, 2.24) is 0 Å². The third-order valence-corrected chi connectivity index (χ3v) is 3.75. The fourth-order valence-electron chi connectivity index (χ4n) is 1.23. The molecule has 13 heavy (non-hydrogen) atoms. The van der Waals surface area contributed by atoms with E-state index in [1.54, 1.807) is 0 Å². The minimum Gasteiger partial charge on any atom is -0.506 e. The van der Waals surface area contributed by atoms with Crippen molar-refractivity contribution < 1.29 is 5.11 Å². The molecule has 0 fully saturated rings. The SMILES string of the molecule is Oc1c(CCl)cc(Br)c2ccsc12. The van der Waals surface area contributed by atoms with Crippen LogP contribution < -0.4 is 0 Å². The molecule has 1 N–H and O–H groups in total. The van der Waals surface area contributed by atoms with Crippen molar-refractivity contribution in [2.75, 3.05) is 0 Å². The molecule has 4 heteroatoms. The van der Waals surface area contributed by atoms with Gasteiger partial charge in [-0.25, -0.2) is 0 Å². The van der Waals surface area contributed by atoms with Gasteiger partial charge in [-0.15, -0.1) is 22.9 Å². The number of alkyl halides is 1. The van der Waals surface area contributed by atoms with E-state index in [0.29, 0.717) is 11.6 Å². The number of phenols is 1. The lowest BCUT2D eigenvalue weighted by atomic mass is 10.2. The zero-order valence-electron chi connectivity index (χ0n) is 6.55. The van der Waals surface area contributed by atoms with Gasteiger partial charge in [0.2, 0.25) is 0 Å². The lowest BCUT2D eigenvalue weighted by Gasteiger charge is -2.03. The van der Waals surface area contributed by atoms with Crippen LogP contribution in [0.5, 0.6) is 5.75 Å². The summed E-state index contributed by atoms with van der Waals surface area (Å²) in [4.78, 5) is 0. The van der Waals surface area contributed by atoms with Crippen LogP contribution in [0, 0.1) is 0 Å². The summed E-state index contributed by atoms with van der Waals surface area (Å²) in [7, 11) is 0. The Bertz CT molecular complexity index is 452. The molecule has 0 saturated carbocycles. The van der Waals surface area contributed by atoms with Crippen molar-refractivity contribution in [3.05, 3.63) is 27.5 Å². The Labute approximate surface area is 93.1 Å². The smallest absolute Gasteiger partial charge is 0.137 e. The molecule has 1 heterocycles. The van der Waals surface area contributed by atoms with Crippen LogP contribution in [0.15, 0.2) is 22.0 Å². The van der Waals surface area contributed by atoms with Gasteiger partial charge in [0.1, 0.15) is 5.75 Å². The molecule has 1 nitrogen and oxygen atoms in total. The molecule has 0 amide bonds. The van der Waals surface area contributed by atoms with E-state index in [4.69, 9.17) is 11.6 Å². The summed E-state index contributed by atoms with van der Waals surface area (Å²) >= 11 is 10.7. The van der Waals surface area contributed by atoms with Crippen LogP contribution in [0.2, 0.25) is 0 Å². The molecule has 0 bridgehead atoms. The third-order valence-electron chi connectivity index (χ3n) is 1.89. The number of aromatic hydroxyl groups is 1. The number of halogens is 2. The van der Waals surface area contributed by atoms with Crippen LogP contribution in [-0.4, -0.2) is 5.11 Å². The highest BCUT2D eigenvalue weighted by atomic mass is 79.9. The number of benzene rings is 1. The summed E-state index contributed by atoms with van der Waals surface area (Å²) < 4.78 is 1.88. The van der Waals surface area contributed by atoms with E-state index >= 15 is 0 Å². The molecular weight excluding hydrogens is 272 g/mol. The molecule has 0 aliphatic heterocycles. The van der Waals surface area contributed by atoms with Crippen molar-refractivity contribution in [2.45, 2.75) is 5.88 Å². The molecule has 0 atom stereocenters. The molecule has 0 spiro atoms. The zero-order chi connectivity index (χ0) is 9.42. The van der Waals surface area contributed by atoms with Crippen LogP contribution in [0.3, 0.4) is 0 Å². The third kappa shape index (κ3) is 1.45. The molecule has 0 aliphatic carbocycles. The summed E-state index contributed by atoms with van der Waals surface area (Å²) in [6.45, 7) is 0. The Kier molecular flexibility index (Phi) is 2.49. The molecule has 0 aliphatic rings. The number of rotatable bonds is 1. The lowest BCUT2D eigenvalue weighted by molar-refractivity contribution is 0.478. The maximum Gasteiger partial charge on any atom is 0.137 e. The topological polar surface area (TPSA) is 20.2 Å². The van der Waals surface area contributed by atoms with Crippen molar-refractivity contribution in [3.63, 3.8) is 0 Å². The van der Waals surface area contributed by atoms with Gasteiger partial charge in [-0.05, 0) is 17.5 Å². The largest absolute Gasteiger partial charge is 0.506 e. The van der Waals surface area contributed by atoms with Crippen LogP contribution in [0.25, 0.3) is 10.1 Å². The van der Waals surface area contributed by atoms with Gasteiger partial charge >= 0.3 is 0 Å². The highest BCUT2D eigenvalue weighted by Crippen LogP contribution is 2.38. The average Bonchev–Trinajstić information content (AvgIpc) is 2.60. The van der Waals surface area contributed by atoms with E-state index in [1.165, 1.54) is 11.3 Å². The molecule has 0 radical (unpaired) electrons. The van der Waals surface area contributed by atoms with E-state index in [0.717, 1.165) is 20.1 Å². The maximum absolute atomic E-state index is 9.77. The first-order chi connectivity index (χ1) is 6.24. The first kappa shape index (κ1) is 9.31. The van der Waals surface area contributed by atoms with Crippen LogP contribution in [-0.2, 0) is 5.88 Å². The second kappa shape index (κ2) is 3.48. The van der Waals surface area contributed by atoms with Gasteiger partial charge in [0.15, 0.2) is 0 Å². The van der Waals surface area contributed by atoms with E-state index in [-0.39, 0.29) is 0 Å². The summed E-state index contributed by atoms with van der Waals surface area (Å²) in [5, 5.41) is 12.8. The van der Waals surface area contributed by atoms with E-state index in [9.17, 15) is 5.11 Å². The fourth-order valence-corrected chi connectivity index (χ4v) is 3.06. The van der Waals surface area contributed by atoms with Gasteiger partial charge in [-0.1, -0.05) is 15.9 Å². The Morgan fingerprint density at radius 2 is 2.31 bits per heavy atom. The first-order valence-electron chi connectivity index (χ1n) is 3.67. The predicted octanol–water partition coefficient (Wildman–Crippen LogP) is 4.11. The second-order valence-electron chi connectivity index (χ2n) is 2.66. The molecular formula is C9H6BrClOS. The molecule has 0 saturated heterocycles. The summed E-state index contributed by atoms with van der Waals surface area (Å²) in [5.41, 5.74) is 0.767. The standard InChI is InChI=1S/C9H6BrClOS/c10-7-3-5(4-11)8(12)9-6(7)1-2-13-9/h1-3,12H,4H2. The summed E-state index contributed by atoms with van der Waals surface area (Å²) in [6.07, 6.45) is 0. The molecule has 2 rings (SSSR count). The van der Waals surface area contributed by atoms with Crippen molar-refractivity contribution in [2.24, 2.45) is 0 Å². The number of hydrogen-bond donors (Lipinski definition) is 1. The predicted molar refractivity (Wildman–Crippen MR) is 60.7 cm³/mol. The van der Waals surface area contributed by atoms with Gasteiger partial charge in [-0.2, -0.15) is 0 Å². The lowest BCUT2D eigenvalue weighted by Crippen LogP contribution is -1.80. The Balaban J connectivity index is 2.85. The van der Waals surface area contributed by atoms with E-state index in [2.05, 4.69) is 15.9 Å². The average molecular weight is 278 g/mol. The van der Waals surface area contributed by atoms with Crippen molar-refractivity contribution in [3.8, 4) is 5.75 Å². The number of fused-ring (bicyclic) bond motifs is 1. The number of hydrogen-bond acceptors (Lipinski definition) is 2. The number of phenolic OH excluding ortho intramolecular Hbond substituents is 1. The highest BCUT2D eigenvalue weighted by molar-refractivity contribution is 9.10. The van der Waals surface area contributed by atoms with Crippen molar-refractivity contribution >= 4 is 49.0 Å². The van der Waals surface area contributed by atoms with Gasteiger partial charge in [0.05, 0.1) is 10.6 Å². The van der Waals surface area contributed by atoms with E-state index in [1.807, 2.05) is 17.5 Å². The van der Waals surface area contributed by atoms with Gasteiger partial charge in [-0.3, -0.25) is 0 Å². The Morgan fingerprint density at radius 1 is 1.54 bits per heavy atom. The summed E-state index contributed by atoms with van der Waals surface area (Å²) in [6, 6.07) is 3.83. The van der Waals surface area contributed by atoms with Crippen LogP contribution in [0.1, 0.15) is 5.56 Å². The Hall–Kier alpha value is -0.250. The normalized spacial score (nSPS) is 10.9. The quantitative estimate of drug-likeness (QED) is 0.778. The van der Waals surface area contributed by atoms with Crippen LogP contribution >= 0.6 is 38.9 Å². The van der Waals surface area contributed by atoms with E-state index < -0.39 is 0 Å². The Morgan fingerprint density at radius 3 is 3.00 bits per heavy atom. The molecule has 0 unspecified atom stereocenters. The number of thiophene rings is 1. The minimum atomic E-state index is 0.309. The molecule has 2 aromatic rings. The highest BCUT2D eigenvalue weighted by Gasteiger charge is 2.09. The first-order valence-corrected chi connectivity index (χ1v) is 5.88. The maximum atomic E-state index is 9.77. The van der Waals surface area contributed by atoms with Gasteiger partial charge in [0.25, 0.3) is 0 Å². The molecule has 1 aromatic carbocycles. The summed E-state index contributed by atoms with van der Waals surface area (Å²) in [5.74, 6) is 0.640.